The molecule has 10 nitrogen and oxygen atoms in total. The van der Waals surface area contributed by atoms with Gasteiger partial charge < -0.3 is 40.7 Å². The molecule has 1 unspecified atom stereocenters. The molecule has 5 atom stereocenters. The van der Waals surface area contributed by atoms with Crippen LogP contribution in [0.5, 0.6) is 0 Å². The van der Waals surface area contributed by atoms with Gasteiger partial charge in [-0.1, -0.05) is 117 Å². The van der Waals surface area contributed by atoms with Crippen molar-refractivity contribution in [2.75, 3.05) is 0 Å². The number of hydrogen-bond acceptors (Lipinski definition) is 6. The van der Waals surface area contributed by atoms with Crippen molar-refractivity contribution in [1.29, 1.82) is 0 Å². The van der Waals surface area contributed by atoms with Gasteiger partial charge in [0.1, 0.15) is 0 Å². The van der Waals surface area contributed by atoms with Gasteiger partial charge in [0.2, 0.25) is 0 Å². The van der Waals surface area contributed by atoms with Crippen LogP contribution in [-0.2, 0) is 11.2 Å². The van der Waals surface area contributed by atoms with Crippen molar-refractivity contribution in [1.82, 2.24) is 20.3 Å². The third-order valence-corrected chi connectivity index (χ3v) is 13.9. The van der Waals surface area contributed by atoms with Gasteiger partial charge in [-0.15, -0.1) is 6.58 Å². The number of aldehydes is 1. The summed E-state index contributed by atoms with van der Waals surface area (Å²) in [7, 11) is 0. The largest absolute Gasteiger partial charge is 0.481 e. The van der Waals surface area contributed by atoms with Gasteiger partial charge in [-0.3, -0.25) is 9.59 Å². The van der Waals surface area contributed by atoms with Gasteiger partial charge in [-0.05, 0) is 109 Å². The third kappa shape index (κ3) is 13.2. The Hall–Kier alpha value is -4.64. The molecule has 0 spiro atoms. The summed E-state index contributed by atoms with van der Waals surface area (Å²) in [6.07, 6.45) is 24.3. The molecule has 0 radical (unpaired) electrons. The fourth-order valence-corrected chi connectivity index (χ4v) is 9.85. The molecule has 3 aromatic rings. The van der Waals surface area contributed by atoms with Gasteiger partial charge in [0.05, 0.1) is 11.8 Å². The minimum Gasteiger partial charge on any atom is -0.481 e. The van der Waals surface area contributed by atoms with Crippen molar-refractivity contribution in [2.24, 2.45) is 29.6 Å². The molecule has 0 saturated heterocycles. The second kappa shape index (κ2) is 23.5. The Bertz CT molecular complexity index is 2400. The molecule has 5 heterocycles. The van der Waals surface area contributed by atoms with E-state index in [1.165, 1.54) is 57.8 Å². The summed E-state index contributed by atoms with van der Waals surface area (Å²) in [6.45, 7) is 22.0. The molecule has 8 bridgehead atoms. The highest BCUT2D eigenvalue weighted by Gasteiger charge is 2.26. The fraction of sp³-hybridized carbons (Fsp3) is 0.556. The number of aliphatic carboxylic acids is 1. The first-order valence-electron chi connectivity index (χ1n) is 24.1. The number of hydrogen-bond donors (Lipinski definition) is 8. The maximum atomic E-state index is 12.9. The zero-order chi connectivity index (χ0) is 46.7. The van der Waals surface area contributed by atoms with Gasteiger partial charge in [0.15, 0.2) is 12.6 Å². The fourth-order valence-electron chi connectivity index (χ4n) is 9.85. The van der Waals surface area contributed by atoms with Crippen LogP contribution in [0.1, 0.15) is 187 Å². The number of nitrogens with one attached hydrogen (secondary N) is 4. The second-order valence-corrected chi connectivity index (χ2v) is 19.7. The minimum absolute atomic E-state index is 0.00255. The normalized spacial score (nSPS) is 19.5. The second-order valence-electron chi connectivity index (χ2n) is 19.7. The van der Waals surface area contributed by atoms with E-state index in [2.05, 4.69) is 74.5 Å². The predicted molar refractivity (Wildman–Crippen MR) is 261 cm³/mol. The highest BCUT2D eigenvalue weighted by atomic mass is 16.5. The van der Waals surface area contributed by atoms with E-state index in [9.17, 15) is 30.0 Å². The van der Waals surface area contributed by atoms with Crippen LogP contribution in [0, 0.1) is 43.4 Å². The van der Waals surface area contributed by atoms with Crippen LogP contribution in [0.3, 0.4) is 0 Å². The van der Waals surface area contributed by atoms with E-state index in [-0.39, 0.29) is 25.2 Å². The van der Waals surface area contributed by atoms with Crippen LogP contribution >= 0.6 is 0 Å². The van der Waals surface area contributed by atoms with Crippen molar-refractivity contribution in [3.8, 4) is 0 Å². The Morgan fingerprint density at radius 3 is 1.88 bits per heavy atom. The number of carbonyl (C=O) groups excluding carboxylic acids is 1. The number of carbonyl (C=O) groups is 2. The van der Waals surface area contributed by atoms with E-state index in [1.807, 2.05) is 38.2 Å². The lowest BCUT2D eigenvalue weighted by Crippen LogP contribution is -2.25. The number of aliphatic hydroxyl groups is 3. The lowest BCUT2D eigenvalue weighted by molar-refractivity contribution is -0.136. The molecule has 64 heavy (non-hydrogen) atoms. The van der Waals surface area contributed by atoms with Gasteiger partial charge >= 0.3 is 5.97 Å². The summed E-state index contributed by atoms with van der Waals surface area (Å²) >= 11 is 0. The average molecular weight is 879 g/mol. The molecule has 350 valence electrons. The molecule has 0 fully saturated rings. The van der Waals surface area contributed by atoms with Crippen LogP contribution < -0.4 is 26.6 Å². The van der Waals surface area contributed by atoms with Gasteiger partial charge in [0.25, 0.3) is 0 Å². The highest BCUT2D eigenvalue weighted by molar-refractivity contribution is 5.86. The number of allylic oxidation sites excluding steroid dienone is 2. The standard InChI is InChI=1S/C54H78N4O6/c1-10-39-36(7)44-29-50-54(51(60)22-14-21-35(6)20-13-19-34(5)18-12-17-33(4)16-11-15-32(2)3)38(9)45(57-50)28-49-42(31-59)41(24-26-53(63)64)48(58-49)30-47-40(23-25-52(61)62)37(8)43(56-47)27-46(39)55-44/h10,23,27-35,39,51-52,55-58,60-62H,1,11-22,24-26H2,2-9H3,(H,63,64)/b40-23+,45-28-,46-27-,47-30-,50-29-/t33-,34+,35+,39?,51-/m0/s1. The molecular weight excluding hydrogens is 801 g/mol. The van der Waals surface area contributed by atoms with Crippen LogP contribution in [0.15, 0.2) is 29.6 Å². The van der Waals surface area contributed by atoms with E-state index in [1.54, 1.807) is 6.08 Å². The number of H-pyrrole nitrogens is 3. The number of fused-ring (bicyclic) bond motifs is 8. The monoisotopic (exact) mass is 879 g/mol. The molecule has 2 aliphatic rings. The lowest BCUT2D eigenvalue weighted by atomic mass is 9.90. The average Bonchev–Trinajstić information content (AvgIpc) is 3.91. The Labute approximate surface area is 381 Å². The number of aromatic nitrogens is 3. The molecule has 5 rings (SSSR count). The number of aromatic amines is 3. The summed E-state index contributed by atoms with van der Waals surface area (Å²) in [6, 6.07) is 0. The topological polar surface area (TPSA) is 174 Å². The number of aliphatic hydroxyl groups excluding tert-OH is 2. The maximum absolute atomic E-state index is 12.9. The van der Waals surface area contributed by atoms with E-state index in [4.69, 9.17) is 0 Å². The number of rotatable bonds is 24. The van der Waals surface area contributed by atoms with E-state index in [0.717, 1.165) is 92.1 Å². The van der Waals surface area contributed by atoms with Gasteiger partial charge in [-0.2, -0.15) is 0 Å². The Morgan fingerprint density at radius 1 is 0.719 bits per heavy atom. The summed E-state index contributed by atoms with van der Waals surface area (Å²) < 4.78 is 0. The highest BCUT2D eigenvalue weighted by Crippen LogP contribution is 2.32. The quantitative estimate of drug-likeness (QED) is 0.0254. The maximum Gasteiger partial charge on any atom is 0.303 e. The van der Waals surface area contributed by atoms with Crippen LogP contribution in [-0.4, -0.2) is 53.9 Å². The Kier molecular flexibility index (Phi) is 18.5. The summed E-state index contributed by atoms with van der Waals surface area (Å²) in [5.74, 6) is 1.87. The van der Waals surface area contributed by atoms with Crippen molar-refractivity contribution in [3.63, 3.8) is 0 Å². The zero-order valence-electron chi connectivity index (χ0n) is 40.0. The number of carboxylic acids is 1. The summed E-state index contributed by atoms with van der Waals surface area (Å²) in [5, 5.41) is 47.9. The molecule has 0 saturated carbocycles. The lowest BCUT2D eigenvalue weighted by Gasteiger charge is -2.17. The predicted octanol–water partition coefficient (Wildman–Crippen LogP) is 8.35. The van der Waals surface area contributed by atoms with Gasteiger partial charge in [0, 0.05) is 68.7 Å². The SMILES string of the molecule is C=CC1C(C)=C2/C=c3\[nH]/c(c(C)c3[C@@H](O)CCC[C@H](C)CCC[C@H](C)CCC[C@@H](C)CCCC(C)C)=C\c3[nH]c(c(CCC(=O)O)c3C=O)/C=c3\[nH]c(c(C)\c3=C/CC(O)O)/C=C/1N2. The Morgan fingerprint density at radius 2 is 1.31 bits per heavy atom. The minimum atomic E-state index is -1.54. The van der Waals surface area contributed by atoms with Crippen LogP contribution in [0.2, 0.25) is 0 Å². The first kappa shape index (κ1) is 50.4. The summed E-state index contributed by atoms with van der Waals surface area (Å²) in [4.78, 5) is 35.2. The first-order valence-corrected chi connectivity index (χ1v) is 24.1. The summed E-state index contributed by atoms with van der Waals surface area (Å²) in [5.41, 5.74) is 8.25. The van der Waals surface area contributed by atoms with Crippen molar-refractivity contribution in [2.45, 2.75) is 164 Å². The molecule has 8 N–H and O–H groups in total. The van der Waals surface area contributed by atoms with E-state index >= 15 is 0 Å². The first-order chi connectivity index (χ1) is 30.5. The van der Waals surface area contributed by atoms with Crippen LogP contribution in [0.4, 0.5) is 0 Å². The third-order valence-electron chi connectivity index (χ3n) is 13.9. The molecule has 0 amide bonds. The number of carboxylic acid groups (broad SMARTS) is 1. The molecule has 2 aliphatic heterocycles. The molecular formula is C54H78N4O6. The van der Waals surface area contributed by atoms with Crippen molar-refractivity contribution in [3.05, 3.63) is 95.8 Å². The molecule has 3 aromatic heterocycles. The zero-order valence-corrected chi connectivity index (χ0v) is 40.0. The smallest absolute Gasteiger partial charge is 0.303 e. The van der Waals surface area contributed by atoms with Crippen molar-refractivity contribution >= 4 is 42.6 Å². The molecule has 0 aliphatic carbocycles. The van der Waals surface area contributed by atoms with E-state index < -0.39 is 18.4 Å². The van der Waals surface area contributed by atoms with E-state index in [0.29, 0.717) is 40.2 Å². The van der Waals surface area contributed by atoms with Crippen LogP contribution in [0.25, 0.3) is 30.4 Å². The van der Waals surface area contributed by atoms with Gasteiger partial charge in [-0.25, -0.2) is 0 Å². The molecule has 10 heteroatoms. The Balaban J connectivity index is 1.43. The van der Waals surface area contributed by atoms with Crippen molar-refractivity contribution < 1.29 is 30.0 Å². The molecule has 0 aromatic carbocycles.